The summed E-state index contributed by atoms with van der Waals surface area (Å²) in [5.41, 5.74) is 1.20. The van der Waals surface area contributed by atoms with E-state index in [1.54, 1.807) is 59.5 Å². The molecule has 1 amide bonds. The molecular formula is C32H31Cl2FN2O6S. The van der Waals surface area contributed by atoms with Gasteiger partial charge in [0.05, 0.1) is 36.0 Å². The van der Waals surface area contributed by atoms with Crippen LogP contribution in [0.2, 0.25) is 10.0 Å². The lowest BCUT2D eigenvalue weighted by Crippen LogP contribution is -2.59. The number of anilines is 1. The Bertz CT molecular complexity index is 1670. The minimum atomic E-state index is -3.96. The topological polar surface area (TPSA) is 104 Å². The first-order valence-electron chi connectivity index (χ1n) is 14.5. The highest BCUT2D eigenvalue weighted by Gasteiger charge is 2.52. The molecule has 0 spiro atoms. The van der Waals surface area contributed by atoms with Crippen LogP contribution in [0.25, 0.3) is 0 Å². The molecule has 6 rings (SSSR count). The number of sulfonamides is 1. The zero-order valence-corrected chi connectivity index (χ0v) is 25.9. The largest absolute Gasteiger partial charge is 0.481 e. The number of halogens is 3. The van der Waals surface area contributed by atoms with Gasteiger partial charge in [-0.25, -0.2) is 12.8 Å². The standard InChI is InChI=1S/C32H31Cl2FN2O6S/c33-22-12-10-20(11-13-22)30-31(21-4-3-5-23(34)16-21)43-28(17-29(38)39)32(40)37(30)27(19-8-9-19)18-36(44(41,42)24-14-15-24)26-7-2-1-6-25(26)35/h1-7,10-13,16,19,24,27-28,30-31H,8-9,14-15,17-18H2,(H,38,39)/t27-,28-,30-,31-/m1/s1. The molecule has 2 saturated carbocycles. The third-order valence-electron chi connectivity index (χ3n) is 8.43. The normalized spacial score (nSPS) is 22.9. The molecule has 1 heterocycles. The highest BCUT2D eigenvalue weighted by atomic mass is 35.5. The fourth-order valence-electron chi connectivity index (χ4n) is 6.02. The van der Waals surface area contributed by atoms with Crippen LogP contribution in [0.1, 0.15) is 55.4 Å². The Balaban J connectivity index is 1.51. The Hall–Kier alpha value is -3.18. The summed E-state index contributed by atoms with van der Waals surface area (Å²) in [6.07, 6.45) is -0.380. The minimum absolute atomic E-state index is 0.0812. The first kappa shape index (κ1) is 30.8. The zero-order valence-electron chi connectivity index (χ0n) is 23.6. The van der Waals surface area contributed by atoms with Crippen molar-refractivity contribution in [3.8, 4) is 0 Å². The third kappa shape index (κ3) is 6.31. The van der Waals surface area contributed by atoms with E-state index in [9.17, 15) is 23.1 Å². The summed E-state index contributed by atoms with van der Waals surface area (Å²) in [4.78, 5) is 27.9. The van der Waals surface area contributed by atoms with Crippen molar-refractivity contribution in [3.05, 3.63) is 99.8 Å². The Morgan fingerprint density at radius 3 is 2.30 bits per heavy atom. The number of amides is 1. The van der Waals surface area contributed by atoms with Crippen LogP contribution in [-0.2, 0) is 24.3 Å². The van der Waals surface area contributed by atoms with Crippen molar-refractivity contribution in [2.24, 2.45) is 5.92 Å². The number of carbonyl (C=O) groups excluding carboxylic acids is 1. The number of hydrogen-bond acceptors (Lipinski definition) is 5. The minimum Gasteiger partial charge on any atom is -0.481 e. The molecule has 4 atom stereocenters. The lowest BCUT2D eigenvalue weighted by molar-refractivity contribution is -0.183. The smallest absolute Gasteiger partial charge is 0.306 e. The van der Waals surface area contributed by atoms with Crippen molar-refractivity contribution >= 4 is 50.8 Å². The summed E-state index contributed by atoms with van der Waals surface area (Å²) < 4.78 is 50.3. The molecule has 1 N–H and O–H groups in total. The molecule has 0 aromatic heterocycles. The molecule has 3 aromatic carbocycles. The van der Waals surface area contributed by atoms with Gasteiger partial charge in [0.2, 0.25) is 10.0 Å². The number of carboxylic acid groups (broad SMARTS) is 1. The van der Waals surface area contributed by atoms with Gasteiger partial charge in [0.25, 0.3) is 5.91 Å². The summed E-state index contributed by atoms with van der Waals surface area (Å²) in [7, 11) is -3.96. The van der Waals surface area contributed by atoms with Crippen LogP contribution in [0.5, 0.6) is 0 Å². The van der Waals surface area contributed by atoms with Crippen molar-refractivity contribution in [1.82, 2.24) is 4.90 Å². The Morgan fingerprint density at radius 1 is 0.977 bits per heavy atom. The fraction of sp³-hybridized carbons (Fsp3) is 0.375. The van der Waals surface area contributed by atoms with Gasteiger partial charge in [0.1, 0.15) is 18.0 Å². The summed E-state index contributed by atoms with van der Waals surface area (Å²) in [6, 6.07) is 18.1. The van der Waals surface area contributed by atoms with Gasteiger partial charge < -0.3 is 14.7 Å². The molecule has 232 valence electrons. The molecule has 44 heavy (non-hydrogen) atoms. The Labute approximate surface area is 265 Å². The summed E-state index contributed by atoms with van der Waals surface area (Å²) in [5.74, 6) is -2.57. The molecule has 0 bridgehead atoms. The Kier molecular flexibility index (Phi) is 8.63. The number of para-hydroxylation sites is 1. The summed E-state index contributed by atoms with van der Waals surface area (Å²) in [5, 5.41) is 10.0. The van der Waals surface area contributed by atoms with E-state index in [0.29, 0.717) is 34.0 Å². The maximum atomic E-state index is 15.2. The van der Waals surface area contributed by atoms with Gasteiger partial charge in [-0.2, -0.15) is 0 Å². The van der Waals surface area contributed by atoms with E-state index in [4.69, 9.17) is 27.9 Å². The van der Waals surface area contributed by atoms with Gasteiger partial charge in [-0.1, -0.05) is 59.6 Å². The van der Waals surface area contributed by atoms with Crippen molar-refractivity contribution in [2.45, 2.75) is 61.6 Å². The average molecular weight is 662 g/mol. The molecule has 3 aromatic rings. The molecular weight excluding hydrogens is 630 g/mol. The molecule has 0 radical (unpaired) electrons. The van der Waals surface area contributed by atoms with Crippen molar-refractivity contribution in [2.75, 3.05) is 10.8 Å². The summed E-state index contributed by atoms with van der Waals surface area (Å²) in [6.45, 7) is -0.192. The predicted octanol–water partition coefficient (Wildman–Crippen LogP) is 6.39. The van der Waals surface area contributed by atoms with Crippen LogP contribution in [0.4, 0.5) is 10.1 Å². The Morgan fingerprint density at radius 2 is 1.68 bits per heavy atom. The van der Waals surface area contributed by atoms with Crippen molar-refractivity contribution in [1.29, 1.82) is 0 Å². The van der Waals surface area contributed by atoms with E-state index in [2.05, 4.69) is 0 Å². The van der Waals surface area contributed by atoms with E-state index in [1.165, 1.54) is 18.2 Å². The molecule has 1 saturated heterocycles. The monoisotopic (exact) mass is 660 g/mol. The van der Waals surface area contributed by atoms with Crippen molar-refractivity contribution < 1.29 is 32.2 Å². The molecule has 2 aliphatic carbocycles. The third-order valence-corrected chi connectivity index (χ3v) is 11.2. The van der Waals surface area contributed by atoms with Gasteiger partial charge in [-0.15, -0.1) is 0 Å². The number of ether oxygens (including phenoxy) is 1. The first-order chi connectivity index (χ1) is 21.0. The number of morpholine rings is 1. The van der Waals surface area contributed by atoms with Gasteiger partial charge in [-0.05, 0) is 79.1 Å². The van der Waals surface area contributed by atoms with E-state index >= 15 is 4.39 Å². The van der Waals surface area contributed by atoms with Crippen LogP contribution >= 0.6 is 23.2 Å². The quantitative estimate of drug-likeness (QED) is 0.255. The highest BCUT2D eigenvalue weighted by Crippen LogP contribution is 2.49. The lowest BCUT2D eigenvalue weighted by atomic mass is 9.89. The van der Waals surface area contributed by atoms with Gasteiger partial charge in [-0.3, -0.25) is 13.9 Å². The number of carboxylic acids is 1. The van der Waals surface area contributed by atoms with E-state index in [0.717, 1.165) is 17.1 Å². The van der Waals surface area contributed by atoms with E-state index in [-0.39, 0.29) is 18.2 Å². The maximum absolute atomic E-state index is 15.2. The van der Waals surface area contributed by atoms with E-state index in [1.807, 2.05) is 0 Å². The van der Waals surface area contributed by atoms with Crippen LogP contribution in [-0.4, -0.2) is 54.2 Å². The van der Waals surface area contributed by atoms with Crippen LogP contribution < -0.4 is 4.31 Å². The van der Waals surface area contributed by atoms with Gasteiger partial charge >= 0.3 is 5.97 Å². The number of nitrogens with zero attached hydrogens (tertiary/aromatic N) is 2. The SMILES string of the molecule is O=C(O)C[C@H]1O[C@H](c2cccc(Cl)c2)[C@@H](c2ccc(Cl)cc2)N([C@H](CN(c2ccccc2F)S(=O)(=O)C2CC2)C2CC2)C1=O. The lowest BCUT2D eigenvalue weighted by Gasteiger charge is -2.49. The molecule has 8 nitrogen and oxygen atoms in total. The van der Waals surface area contributed by atoms with Gasteiger partial charge in [0.15, 0.2) is 0 Å². The predicted molar refractivity (Wildman–Crippen MR) is 165 cm³/mol. The van der Waals surface area contributed by atoms with Crippen molar-refractivity contribution in [3.63, 3.8) is 0 Å². The van der Waals surface area contributed by atoms with Crippen LogP contribution in [0.3, 0.4) is 0 Å². The second-order valence-corrected chi connectivity index (χ2v) is 14.6. The molecule has 3 aliphatic rings. The van der Waals surface area contributed by atoms with Gasteiger partial charge in [0, 0.05) is 10.0 Å². The zero-order chi connectivity index (χ0) is 31.2. The molecule has 0 unspecified atom stereocenters. The number of carbonyl (C=O) groups is 2. The number of benzene rings is 3. The highest BCUT2D eigenvalue weighted by molar-refractivity contribution is 7.93. The number of hydrogen-bond donors (Lipinski definition) is 1. The first-order valence-corrected chi connectivity index (χ1v) is 16.8. The van der Waals surface area contributed by atoms with E-state index < -0.39 is 63.7 Å². The second-order valence-electron chi connectivity index (χ2n) is 11.6. The number of rotatable bonds is 11. The molecule has 12 heteroatoms. The maximum Gasteiger partial charge on any atom is 0.306 e. The summed E-state index contributed by atoms with van der Waals surface area (Å²) >= 11 is 12.6. The number of aliphatic carboxylic acids is 1. The van der Waals surface area contributed by atoms with Crippen LogP contribution in [0.15, 0.2) is 72.8 Å². The second kappa shape index (κ2) is 12.3. The molecule has 1 aliphatic heterocycles. The molecule has 3 fully saturated rings. The average Bonchev–Trinajstić information content (AvgIpc) is 3.89. The van der Waals surface area contributed by atoms with Crippen LogP contribution in [0, 0.1) is 11.7 Å². The fourth-order valence-corrected chi connectivity index (χ4v) is 8.22.